The molecular formula is C14H28N2. The van der Waals surface area contributed by atoms with Gasteiger partial charge in [-0.1, -0.05) is 13.8 Å². The Labute approximate surface area is 101 Å². The number of rotatable bonds is 3. The molecule has 0 radical (unpaired) electrons. The third-order valence-corrected chi connectivity index (χ3v) is 4.68. The maximum atomic E-state index is 5.93. The van der Waals surface area contributed by atoms with Gasteiger partial charge in [0.25, 0.3) is 0 Å². The number of nitrogens with two attached hydrogens (primary N) is 1. The smallest absolute Gasteiger partial charge is 0.00927 e. The van der Waals surface area contributed by atoms with Gasteiger partial charge in [0.05, 0.1) is 0 Å². The van der Waals surface area contributed by atoms with E-state index < -0.39 is 0 Å². The molecule has 0 aromatic rings. The molecule has 2 aliphatic carbocycles. The van der Waals surface area contributed by atoms with Crippen LogP contribution >= 0.6 is 0 Å². The van der Waals surface area contributed by atoms with Gasteiger partial charge in [0.15, 0.2) is 0 Å². The number of hydrogen-bond acceptors (Lipinski definition) is 2. The summed E-state index contributed by atoms with van der Waals surface area (Å²) < 4.78 is 0. The fourth-order valence-electron chi connectivity index (χ4n) is 3.84. The van der Waals surface area contributed by atoms with E-state index in [1.54, 1.807) is 0 Å². The molecule has 0 saturated heterocycles. The van der Waals surface area contributed by atoms with E-state index in [-0.39, 0.29) is 0 Å². The Balaban J connectivity index is 1.77. The lowest BCUT2D eigenvalue weighted by Gasteiger charge is -2.51. The fraction of sp³-hybridized carbons (Fsp3) is 1.00. The summed E-state index contributed by atoms with van der Waals surface area (Å²) in [5.41, 5.74) is 6.61. The van der Waals surface area contributed by atoms with Crippen LogP contribution in [0, 0.1) is 11.3 Å². The first-order valence-corrected chi connectivity index (χ1v) is 6.97. The van der Waals surface area contributed by atoms with E-state index in [2.05, 4.69) is 25.8 Å². The van der Waals surface area contributed by atoms with E-state index >= 15 is 0 Å². The van der Waals surface area contributed by atoms with Crippen LogP contribution in [0.25, 0.3) is 0 Å². The first-order valence-electron chi connectivity index (χ1n) is 6.97. The molecule has 0 amide bonds. The van der Waals surface area contributed by atoms with Gasteiger partial charge in [-0.05, 0) is 56.9 Å². The van der Waals surface area contributed by atoms with Crippen LogP contribution in [0.2, 0.25) is 0 Å². The molecule has 0 aromatic heterocycles. The highest BCUT2D eigenvalue weighted by Crippen LogP contribution is 2.51. The van der Waals surface area contributed by atoms with Crippen molar-refractivity contribution >= 4 is 0 Å². The Hall–Kier alpha value is -0.0800. The molecule has 2 aliphatic rings. The Morgan fingerprint density at radius 2 is 1.81 bits per heavy atom. The van der Waals surface area contributed by atoms with Crippen molar-refractivity contribution in [2.75, 3.05) is 13.6 Å². The van der Waals surface area contributed by atoms with Crippen molar-refractivity contribution in [1.82, 2.24) is 4.90 Å². The van der Waals surface area contributed by atoms with Crippen LogP contribution in [0.3, 0.4) is 0 Å². The molecule has 2 nitrogen and oxygen atoms in total. The van der Waals surface area contributed by atoms with Crippen molar-refractivity contribution in [2.24, 2.45) is 17.1 Å². The third kappa shape index (κ3) is 2.60. The Bertz CT molecular complexity index is 221. The van der Waals surface area contributed by atoms with Crippen LogP contribution in [-0.2, 0) is 0 Å². The molecule has 2 rings (SSSR count). The normalized spacial score (nSPS) is 39.4. The van der Waals surface area contributed by atoms with E-state index in [0.29, 0.717) is 11.5 Å². The van der Waals surface area contributed by atoms with Gasteiger partial charge in [-0.3, -0.25) is 0 Å². The first kappa shape index (κ1) is 12.4. The molecule has 0 atom stereocenters. The number of hydrogen-bond donors (Lipinski definition) is 1. The van der Waals surface area contributed by atoms with Crippen LogP contribution in [0.4, 0.5) is 0 Å². The van der Waals surface area contributed by atoms with Gasteiger partial charge in [-0.2, -0.15) is 0 Å². The van der Waals surface area contributed by atoms with Gasteiger partial charge < -0.3 is 10.6 Å². The van der Waals surface area contributed by atoms with Gasteiger partial charge in [0.2, 0.25) is 0 Å². The zero-order chi connectivity index (χ0) is 11.8. The summed E-state index contributed by atoms with van der Waals surface area (Å²) in [5.74, 6) is 0.790. The molecule has 16 heavy (non-hydrogen) atoms. The molecule has 0 aromatic carbocycles. The molecule has 0 heterocycles. The van der Waals surface area contributed by atoms with Gasteiger partial charge in [0, 0.05) is 18.6 Å². The van der Waals surface area contributed by atoms with E-state index in [9.17, 15) is 0 Å². The fourth-order valence-corrected chi connectivity index (χ4v) is 3.84. The summed E-state index contributed by atoms with van der Waals surface area (Å²) in [6, 6.07) is 1.36. The average Bonchev–Trinajstić information content (AvgIpc) is 2.15. The van der Waals surface area contributed by atoms with Crippen LogP contribution in [0.1, 0.15) is 52.4 Å². The molecule has 2 saturated carbocycles. The lowest BCUT2D eigenvalue weighted by atomic mass is 9.58. The van der Waals surface area contributed by atoms with Crippen LogP contribution in [0.15, 0.2) is 0 Å². The lowest BCUT2D eigenvalue weighted by Crippen LogP contribution is -2.50. The zero-order valence-corrected chi connectivity index (χ0v) is 11.2. The first-order chi connectivity index (χ1) is 7.51. The highest BCUT2D eigenvalue weighted by atomic mass is 15.1. The van der Waals surface area contributed by atoms with E-state index in [1.807, 2.05) is 0 Å². The van der Waals surface area contributed by atoms with Crippen molar-refractivity contribution in [3.05, 3.63) is 0 Å². The lowest BCUT2D eigenvalue weighted by molar-refractivity contribution is 0.0205. The molecule has 0 aliphatic heterocycles. The predicted octanol–water partition coefficient (Wildman–Crippen LogP) is 2.62. The second-order valence-corrected chi connectivity index (χ2v) is 6.73. The average molecular weight is 224 g/mol. The molecule has 0 unspecified atom stereocenters. The van der Waals surface area contributed by atoms with Crippen LogP contribution in [-0.4, -0.2) is 30.6 Å². The van der Waals surface area contributed by atoms with Crippen LogP contribution < -0.4 is 5.73 Å². The molecule has 94 valence electrons. The summed E-state index contributed by atoms with van der Waals surface area (Å²) in [4.78, 5) is 2.58. The topological polar surface area (TPSA) is 29.3 Å². The summed E-state index contributed by atoms with van der Waals surface area (Å²) in [6.07, 6.45) is 8.24. The Kier molecular flexibility index (Phi) is 3.60. The molecule has 1 spiro atoms. The Morgan fingerprint density at radius 3 is 2.25 bits per heavy atom. The minimum Gasteiger partial charge on any atom is -0.328 e. The SMILES string of the molecule is CC(C)CN(C)[C@H]1CCC2(CC1)C[C@@H](N)C2. The second kappa shape index (κ2) is 4.66. The van der Waals surface area contributed by atoms with Gasteiger partial charge in [-0.25, -0.2) is 0 Å². The maximum absolute atomic E-state index is 5.93. The monoisotopic (exact) mass is 224 g/mol. The van der Waals surface area contributed by atoms with E-state index in [1.165, 1.54) is 45.1 Å². The second-order valence-electron chi connectivity index (χ2n) is 6.73. The molecule has 2 heteroatoms. The summed E-state index contributed by atoms with van der Waals surface area (Å²) in [7, 11) is 2.30. The number of nitrogens with zero attached hydrogens (tertiary/aromatic N) is 1. The highest BCUT2D eigenvalue weighted by Gasteiger charge is 2.44. The summed E-state index contributed by atoms with van der Waals surface area (Å²) in [6.45, 7) is 5.87. The minimum absolute atomic E-state index is 0.518. The molecule has 0 bridgehead atoms. The van der Waals surface area contributed by atoms with E-state index in [0.717, 1.165) is 12.0 Å². The van der Waals surface area contributed by atoms with Crippen LogP contribution in [0.5, 0.6) is 0 Å². The van der Waals surface area contributed by atoms with Crippen molar-refractivity contribution in [3.8, 4) is 0 Å². The molecular weight excluding hydrogens is 196 g/mol. The third-order valence-electron chi connectivity index (χ3n) is 4.68. The quantitative estimate of drug-likeness (QED) is 0.798. The standard InChI is InChI=1S/C14H28N2/c1-11(2)10-16(3)13-4-6-14(7-5-13)8-12(15)9-14/h11-13H,4-10,15H2,1-3H3/t12-,13-,14?. The highest BCUT2D eigenvalue weighted by molar-refractivity contribution is 4.99. The molecule has 2 N–H and O–H groups in total. The summed E-state index contributed by atoms with van der Waals surface area (Å²) >= 11 is 0. The van der Waals surface area contributed by atoms with Crippen molar-refractivity contribution < 1.29 is 0 Å². The van der Waals surface area contributed by atoms with Gasteiger partial charge in [-0.15, -0.1) is 0 Å². The maximum Gasteiger partial charge on any atom is 0.00927 e. The molecule has 2 fully saturated rings. The predicted molar refractivity (Wildman–Crippen MR) is 69.4 cm³/mol. The largest absolute Gasteiger partial charge is 0.328 e. The minimum atomic E-state index is 0.518. The van der Waals surface area contributed by atoms with Gasteiger partial charge >= 0.3 is 0 Å². The zero-order valence-electron chi connectivity index (χ0n) is 11.2. The van der Waals surface area contributed by atoms with E-state index in [4.69, 9.17) is 5.73 Å². The van der Waals surface area contributed by atoms with Gasteiger partial charge in [0.1, 0.15) is 0 Å². The van der Waals surface area contributed by atoms with Crippen molar-refractivity contribution in [3.63, 3.8) is 0 Å². The summed E-state index contributed by atoms with van der Waals surface area (Å²) in [5, 5.41) is 0. The van der Waals surface area contributed by atoms with Crippen molar-refractivity contribution in [2.45, 2.75) is 64.5 Å². The van der Waals surface area contributed by atoms with Crippen molar-refractivity contribution in [1.29, 1.82) is 0 Å². The Morgan fingerprint density at radius 1 is 1.25 bits per heavy atom.